The average Bonchev–Trinajstić information content (AvgIpc) is 3.49. The van der Waals surface area contributed by atoms with E-state index in [-0.39, 0.29) is 17.3 Å². The molecule has 1 aliphatic rings. The van der Waals surface area contributed by atoms with Crippen LogP contribution < -0.4 is 11.2 Å². The van der Waals surface area contributed by atoms with Gasteiger partial charge in [0, 0.05) is 29.9 Å². The van der Waals surface area contributed by atoms with Gasteiger partial charge in [-0.3, -0.25) is 19.2 Å². The Morgan fingerprint density at radius 1 is 1.23 bits per heavy atom. The molecule has 4 aromatic heterocycles. The van der Waals surface area contributed by atoms with Crippen molar-refractivity contribution < 1.29 is 0 Å². The van der Waals surface area contributed by atoms with Crippen LogP contribution in [0.1, 0.15) is 46.9 Å². The third-order valence-electron chi connectivity index (χ3n) is 6.06. The zero-order valence-electron chi connectivity index (χ0n) is 17.6. The molecule has 0 aromatic carbocycles. The topological polar surface area (TPSA) is 75.9 Å². The van der Waals surface area contributed by atoms with E-state index >= 15 is 0 Å². The minimum Gasteiger partial charge on any atom is -0.324 e. The van der Waals surface area contributed by atoms with E-state index in [0.29, 0.717) is 24.3 Å². The molecule has 0 unspecified atom stereocenters. The number of aryl methyl sites for hydroxylation is 2. The number of nitrogens with zero attached hydrogens (tertiary/aromatic N) is 4. The lowest BCUT2D eigenvalue weighted by Gasteiger charge is -2.35. The minimum absolute atomic E-state index is 0.190. The number of aromatic amines is 1. The van der Waals surface area contributed by atoms with Crippen molar-refractivity contribution in [1.82, 2.24) is 24.0 Å². The van der Waals surface area contributed by atoms with E-state index in [1.807, 2.05) is 23.0 Å². The first-order chi connectivity index (χ1) is 15.1. The van der Waals surface area contributed by atoms with Crippen LogP contribution in [0.15, 0.2) is 38.5 Å². The number of rotatable bonds is 6. The molecule has 31 heavy (non-hydrogen) atoms. The first-order valence-corrected chi connectivity index (χ1v) is 12.4. The maximum Gasteiger partial charge on any atom is 0.330 e. The van der Waals surface area contributed by atoms with Crippen molar-refractivity contribution in [2.75, 3.05) is 6.54 Å². The van der Waals surface area contributed by atoms with Crippen molar-refractivity contribution >= 4 is 33.8 Å². The van der Waals surface area contributed by atoms with E-state index in [2.05, 4.69) is 45.8 Å². The molecular formula is C22H25N5O2S2. The Balaban J connectivity index is 1.57. The van der Waals surface area contributed by atoms with Crippen LogP contribution in [-0.4, -0.2) is 30.5 Å². The molecule has 0 fully saturated rings. The van der Waals surface area contributed by atoms with Gasteiger partial charge >= 0.3 is 5.69 Å². The van der Waals surface area contributed by atoms with Crippen LogP contribution in [-0.2, 0) is 26.6 Å². The zero-order valence-corrected chi connectivity index (χ0v) is 19.3. The molecule has 0 aliphatic carbocycles. The standard InChI is InChI=1S/C22H25N5O2S2/c1-3-4-9-27-20-19(21(28)24-22(27)29)25(2)17(23-20)13-26-10-7-15-14(8-12-31-15)18(26)16-6-5-11-30-16/h5-6,8,11-12,18H,3-4,7,9-10,13H2,1-2H3,(H,24,28,29)/t18-/m1/s1. The zero-order chi connectivity index (χ0) is 21.5. The number of hydrogen-bond donors (Lipinski definition) is 1. The highest BCUT2D eigenvalue weighted by Crippen LogP contribution is 2.40. The largest absolute Gasteiger partial charge is 0.330 e. The normalized spacial score (nSPS) is 16.8. The second kappa shape index (κ2) is 8.22. The van der Waals surface area contributed by atoms with Gasteiger partial charge in [-0.25, -0.2) is 9.78 Å². The summed E-state index contributed by atoms with van der Waals surface area (Å²) in [6.07, 6.45) is 2.84. The van der Waals surface area contributed by atoms with E-state index in [1.54, 1.807) is 15.9 Å². The Kier molecular flexibility index (Phi) is 5.41. The van der Waals surface area contributed by atoms with Gasteiger partial charge in [-0.2, -0.15) is 0 Å². The van der Waals surface area contributed by atoms with E-state index in [0.717, 1.165) is 31.6 Å². The molecule has 5 heterocycles. The molecule has 1 atom stereocenters. The van der Waals surface area contributed by atoms with Crippen LogP contribution in [0.2, 0.25) is 0 Å². The lowest BCUT2D eigenvalue weighted by Crippen LogP contribution is -2.35. The summed E-state index contributed by atoms with van der Waals surface area (Å²) in [5.74, 6) is 0.802. The first-order valence-electron chi connectivity index (χ1n) is 10.6. The second-order valence-electron chi connectivity index (χ2n) is 7.96. The Morgan fingerprint density at radius 3 is 2.87 bits per heavy atom. The molecule has 5 rings (SSSR count). The van der Waals surface area contributed by atoms with Gasteiger partial charge in [-0.1, -0.05) is 19.4 Å². The highest BCUT2D eigenvalue weighted by atomic mass is 32.1. The van der Waals surface area contributed by atoms with Crippen molar-refractivity contribution in [3.63, 3.8) is 0 Å². The quantitative estimate of drug-likeness (QED) is 0.483. The number of H-pyrrole nitrogens is 1. The highest BCUT2D eigenvalue weighted by Gasteiger charge is 2.31. The molecule has 0 spiro atoms. The van der Waals surface area contributed by atoms with E-state index < -0.39 is 0 Å². The fourth-order valence-corrected chi connectivity index (χ4v) is 6.24. The predicted octanol–water partition coefficient (Wildman–Crippen LogP) is 3.49. The van der Waals surface area contributed by atoms with Gasteiger partial charge in [0.15, 0.2) is 11.2 Å². The van der Waals surface area contributed by atoms with E-state index in [1.165, 1.54) is 15.3 Å². The van der Waals surface area contributed by atoms with Gasteiger partial charge in [0.25, 0.3) is 5.56 Å². The number of fused-ring (bicyclic) bond motifs is 2. The summed E-state index contributed by atoms with van der Waals surface area (Å²) < 4.78 is 3.46. The van der Waals surface area contributed by atoms with Crippen LogP contribution in [0.5, 0.6) is 0 Å². The SMILES string of the molecule is CCCCn1c(=O)[nH]c(=O)c2c1nc(CN1CCc3sccc3[C@@H]1c1cccs1)n2C. The summed E-state index contributed by atoms with van der Waals surface area (Å²) in [7, 11) is 1.87. The number of unbranched alkanes of at least 4 members (excludes halogenated alkanes) is 1. The van der Waals surface area contributed by atoms with Crippen LogP contribution in [0.3, 0.4) is 0 Å². The van der Waals surface area contributed by atoms with Gasteiger partial charge in [0.05, 0.1) is 12.6 Å². The number of aromatic nitrogens is 4. The molecule has 0 bridgehead atoms. The molecule has 1 aliphatic heterocycles. The summed E-state index contributed by atoms with van der Waals surface area (Å²) in [5.41, 5.74) is 1.57. The van der Waals surface area contributed by atoms with Crippen LogP contribution in [0, 0.1) is 0 Å². The van der Waals surface area contributed by atoms with Crippen molar-refractivity contribution in [3.05, 3.63) is 70.9 Å². The molecule has 7 nitrogen and oxygen atoms in total. The van der Waals surface area contributed by atoms with Crippen LogP contribution in [0.4, 0.5) is 0 Å². The van der Waals surface area contributed by atoms with Gasteiger partial charge < -0.3 is 4.57 Å². The number of thiophene rings is 2. The van der Waals surface area contributed by atoms with Gasteiger partial charge in [0.1, 0.15) is 5.82 Å². The Labute approximate surface area is 187 Å². The average molecular weight is 456 g/mol. The summed E-state index contributed by atoms with van der Waals surface area (Å²) in [5, 5.41) is 4.30. The third-order valence-corrected chi connectivity index (χ3v) is 7.99. The molecule has 0 radical (unpaired) electrons. The maximum absolute atomic E-state index is 12.6. The van der Waals surface area contributed by atoms with Crippen molar-refractivity contribution in [1.29, 1.82) is 0 Å². The van der Waals surface area contributed by atoms with Crippen LogP contribution in [0.25, 0.3) is 11.2 Å². The van der Waals surface area contributed by atoms with Crippen molar-refractivity contribution in [3.8, 4) is 0 Å². The Hall–Kier alpha value is -2.49. The summed E-state index contributed by atoms with van der Waals surface area (Å²) >= 11 is 3.60. The molecule has 9 heteroatoms. The molecule has 0 saturated heterocycles. The van der Waals surface area contributed by atoms with Gasteiger partial charge in [0.2, 0.25) is 0 Å². The molecule has 0 saturated carbocycles. The second-order valence-corrected chi connectivity index (χ2v) is 9.94. The fraction of sp³-hybridized carbons (Fsp3) is 0.409. The third kappa shape index (κ3) is 3.50. The maximum atomic E-state index is 12.6. The molecule has 0 amide bonds. The predicted molar refractivity (Wildman–Crippen MR) is 125 cm³/mol. The van der Waals surface area contributed by atoms with Crippen molar-refractivity contribution in [2.24, 2.45) is 7.05 Å². The Bertz CT molecular complexity index is 1330. The highest BCUT2D eigenvalue weighted by molar-refractivity contribution is 7.10. The van der Waals surface area contributed by atoms with Gasteiger partial charge in [-0.15, -0.1) is 22.7 Å². The fourth-order valence-electron chi connectivity index (χ4n) is 4.46. The summed E-state index contributed by atoms with van der Waals surface area (Å²) in [4.78, 5) is 37.5. The monoisotopic (exact) mass is 455 g/mol. The Morgan fingerprint density at radius 2 is 2.10 bits per heavy atom. The van der Waals surface area contributed by atoms with Crippen molar-refractivity contribution in [2.45, 2.75) is 45.3 Å². The number of imidazole rings is 1. The summed E-state index contributed by atoms with van der Waals surface area (Å²) in [6.45, 7) is 4.18. The first kappa shape index (κ1) is 20.4. The van der Waals surface area contributed by atoms with E-state index in [9.17, 15) is 9.59 Å². The number of nitrogens with one attached hydrogen (secondary N) is 1. The molecular weight excluding hydrogens is 430 g/mol. The smallest absolute Gasteiger partial charge is 0.324 e. The minimum atomic E-state index is -0.382. The van der Waals surface area contributed by atoms with Gasteiger partial charge in [-0.05, 0) is 41.3 Å². The molecule has 1 N–H and O–H groups in total. The van der Waals surface area contributed by atoms with Crippen LogP contribution >= 0.6 is 22.7 Å². The van der Waals surface area contributed by atoms with E-state index in [4.69, 9.17) is 4.98 Å². The lowest BCUT2D eigenvalue weighted by atomic mass is 9.98. The lowest BCUT2D eigenvalue weighted by molar-refractivity contribution is 0.202. The molecule has 4 aromatic rings. The molecule has 162 valence electrons. The summed E-state index contributed by atoms with van der Waals surface area (Å²) in [6, 6.07) is 6.71. The number of hydrogen-bond acceptors (Lipinski definition) is 6.